The number of carboxylic acids is 1. The van der Waals surface area contributed by atoms with Crippen molar-refractivity contribution in [3.63, 3.8) is 0 Å². The van der Waals surface area contributed by atoms with E-state index >= 15 is 0 Å². The zero-order chi connectivity index (χ0) is 15.4. The normalized spacial score (nSPS) is 16.2. The summed E-state index contributed by atoms with van der Waals surface area (Å²) in [5, 5.41) is 18.0. The molecular weight excluding hydrogens is 270 g/mol. The number of rotatable bonds is 4. The molecule has 1 N–H and O–H groups in total. The summed E-state index contributed by atoms with van der Waals surface area (Å²) in [6.45, 7) is 2.81. The first-order valence-corrected chi connectivity index (χ1v) is 6.85. The quantitative estimate of drug-likeness (QED) is 0.918. The van der Waals surface area contributed by atoms with E-state index in [0.29, 0.717) is 24.3 Å². The molecule has 2 rings (SSSR count). The molecule has 0 saturated heterocycles. The van der Waals surface area contributed by atoms with E-state index in [-0.39, 0.29) is 19.0 Å². The molecule has 1 aliphatic heterocycles. The Labute approximate surface area is 123 Å². The smallest absolute Gasteiger partial charge is 0.324 e. The molecule has 1 aromatic carbocycles. The molecule has 1 heterocycles. The summed E-state index contributed by atoms with van der Waals surface area (Å²) in [5.74, 6) is -1.63. The van der Waals surface area contributed by atoms with Crippen LogP contribution in [0.15, 0.2) is 24.3 Å². The lowest BCUT2D eigenvalue weighted by molar-refractivity contribution is -0.138. The molecule has 0 aliphatic carbocycles. The van der Waals surface area contributed by atoms with Crippen LogP contribution in [0.25, 0.3) is 0 Å². The highest BCUT2D eigenvalue weighted by Gasteiger charge is 2.37. The fourth-order valence-corrected chi connectivity index (χ4v) is 2.54. The number of urea groups is 1. The lowest BCUT2D eigenvalue weighted by atomic mass is 10.0. The Morgan fingerprint density at radius 1 is 1.48 bits per heavy atom. The van der Waals surface area contributed by atoms with Gasteiger partial charge >= 0.3 is 12.0 Å². The van der Waals surface area contributed by atoms with E-state index in [1.807, 2.05) is 13.0 Å². The van der Waals surface area contributed by atoms with Crippen LogP contribution in [0, 0.1) is 11.3 Å². The van der Waals surface area contributed by atoms with Crippen molar-refractivity contribution in [3.8, 4) is 6.07 Å². The number of carbonyl (C=O) groups excluding carboxylic acids is 1. The highest BCUT2D eigenvalue weighted by Crippen LogP contribution is 2.36. The maximum absolute atomic E-state index is 12.6. The second-order valence-electron chi connectivity index (χ2n) is 4.83. The molecule has 0 saturated carbocycles. The van der Waals surface area contributed by atoms with E-state index in [1.165, 1.54) is 4.90 Å². The largest absolute Gasteiger partial charge is 0.481 e. The van der Waals surface area contributed by atoms with Crippen molar-refractivity contribution in [1.82, 2.24) is 4.90 Å². The summed E-state index contributed by atoms with van der Waals surface area (Å²) < 4.78 is 0. The van der Waals surface area contributed by atoms with E-state index in [0.717, 1.165) is 0 Å². The summed E-state index contributed by atoms with van der Waals surface area (Å²) in [7, 11) is 0. The molecule has 0 radical (unpaired) electrons. The third kappa shape index (κ3) is 2.82. The van der Waals surface area contributed by atoms with Crippen LogP contribution in [-0.4, -0.2) is 41.6 Å². The fraction of sp³-hybridized carbons (Fsp3) is 0.400. The van der Waals surface area contributed by atoms with Gasteiger partial charge < -0.3 is 10.0 Å². The lowest BCUT2D eigenvalue weighted by Gasteiger charge is -2.27. The molecule has 0 spiro atoms. The number of carbonyl (C=O) groups is 2. The van der Waals surface area contributed by atoms with Gasteiger partial charge in [-0.3, -0.25) is 9.69 Å². The molecule has 0 aromatic heterocycles. The van der Waals surface area contributed by atoms with Crippen molar-refractivity contribution >= 4 is 17.7 Å². The molecule has 21 heavy (non-hydrogen) atoms. The highest BCUT2D eigenvalue weighted by atomic mass is 16.4. The van der Waals surface area contributed by atoms with Gasteiger partial charge in [-0.1, -0.05) is 18.2 Å². The monoisotopic (exact) mass is 287 g/mol. The summed E-state index contributed by atoms with van der Waals surface area (Å²) in [4.78, 5) is 27.0. The summed E-state index contributed by atoms with van der Waals surface area (Å²) in [6, 6.07) is 8.83. The number of hydrogen-bond acceptors (Lipinski definition) is 3. The molecule has 0 fully saturated rings. The van der Waals surface area contributed by atoms with Crippen LogP contribution >= 0.6 is 0 Å². The van der Waals surface area contributed by atoms with Gasteiger partial charge in [-0.2, -0.15) is 5.26 Å². The lowest BCUT2D eigenvalue weighted by Crippen LogP contribution is -2.43. The maximum Gasteiger partial charge on any atom is 0.324 e. The number of nitrogens with zero attached hydrogens (tertiary/aromatic N) is 3. The molecule has 110 valence electrons. The van der Waals surface area contributed by atoms with Crippen LogP contribution in [-0.2, 0) is 4.79 Å². The minimum Gasteiger partial charge on any atom is -0.481 e. The second kappa shape index (κ2) is 6.27. The summed E-state index contributed by atoms with van der Waals surface area (Å²) >= 11 is 0. The average molecular weight is 287 g/mol. The zero-order valence-electron chi connectivity index (χ0n) is 11.8. The Kier molecular flexibility index (Phi) is 4.43. The first-order valence-electron chi connectivity index (χ1n) is 6.85. The molecular formula is C15H17N3O3. The van der Waals surface area contributed by atoms with Gasteiger partial charge in [0.05, 0.1) is 12.5 Å². The zero-order valence-corrected chi connectivity index (χ0v) is 11.8. The number of carboxylic acid groups (broad SMARTS) is 1. The number of anilines is 1. The van der Waals surface area contributed by atoms with Gasteiger partial charge in [-0.25, -0.2) is 4.79 Å². The minimum atomic E-state index is -0.933. The van der Waals surface area contributed by atoms with Crippen molar-refractivity contribution in [2.24, 2.45) is 0 Å². The van der Waals surface area contributed by atoms with Gasteiger partial charge in [0.25, 0.3) is 0 Å². The summed E-state index contributed by atoms with van der Waals surface area (Å²) in [6.07, 6.45) is 0.261. The third-order valence-electron chi connectivity index (χ3n) is 3.64. The third-order valence-corrected chi connectivity index (χ3v) is 3.64. The molecule has 6 heteroatoms. The Morgan fingerprint density at radius 2 is 2.19 bits per heavy atom. The van der Waals surface area contributed by atoms with Gasteiger partial charge in [-0.15, -0.1) is 0 Å². The molecule has 1 unspecified atom stereocenters. The predicted molar refractivity (Wildman–Crippen MR) is 77.0 cm³/mol. The molecule has 6 nitrogen and oxygen atoms in total. The van der Waals surface area contributed by atoms with Gasteiger partial charge in [0, 0.05) is 25.3 Å². The summed E-state index contributed by atoms with van der Waals surface area (Å²) in [5.41, 5.74) is 1.31. The fourth-order valence-electron chi connectivity index (χ4n) is 2.54. The van der Waals surface area contributed by atoms with Crippen molar-refractivity contribution in [3.05, 3.63) is 29.8 Å². The number of fused-ring (bicyclic) bond motifs is 1. The number of hydrogen-bond donors (Lipinski definition) is 1. The standard InChI is InChI=1S/C15H17N3O3/c1-2-17(9-5-8-16)15(21)18-10-12(14(19)20)11-6-3-4-7-13(11)18/h3-4,6-7,12H,2,5,9-10H2,1H3,(H,19,20). The first-order chi connectivity index (χ1) is 10.1. The van der Waals surface area contributed by atoms with Gasteiger partial charge in [-0.05, 0) is 18.6 Å². The predicted octanol–water partition coefficient (Wildman–Crippen LogP) is 2.03. The van der Waals surface area contributed by atoms with Crippen molar-refractivity contribution in [2.45, 2.75) is 19.3 Å². The number of aliphatic carboxylic acids is 1. The van der Waals surface area contributed by atoms with Crippen LogP contribution in [0.4, 0.5) is 10.5 Å². The molecule has 0 bridgehead atoms. The van der Waals surface area contributed by atoms with Crippen molar-refractivity contribution in [2.75, 3.05) is 24.5 Å². The van der Waals surface area contributed by atoms with E-state index in [1.54, 1.807) is 29.2 Å². The Balaban J connectivity index is 2.27. The minimum absolute atomic E-state index is 0.135. The molecule has 1 aliphatic rings. The van der Waals surface area contributed by atoms with Gasteiger partial charge in [0.2, 0.25) is 0 Å². The highest BCUT2D eigenvalue weighted by molar-refractivity contribution is 5.98. The Bertz CT molecular complexity index is 594. The van der Waals surface area contributed by atoms with Crippen LogP contribution in [0.2, 0.25) is 0 Å². The number of nitriles is 1. The van der Waals surface area contributed by atoms with Crippen LogP contribution in [0.3, 0.4) is 0 Å². The maximum atomic E-state index is 12.6. The number of amides is 2. The van der Waals surface area contributed by atoms with E-state index in [2.05, 4.69) is 0 Å². The first kappa shape index (κ1) is 14.9. The van der Waals surface area contributed by atoms with Gasteiger partial charge in [0.15, 0.2) is 0 Å². The van der Waals surface area contributed by atoms with E-state index in [4.69, 9.17) is 5.26 Å². The Hall–Kier alpha value is -2.55. The number of benzene rings is 1. The average Bonchev–Trinajstić information content (AvgIpc) is 2.87. The molecule has 1 atom stereocenters. The molecule has 2 amide bonds. The second-order valence-corrected chi connectivity index (χ2v) is 4.83. The SMILES string of the molecule is CCN(CCC#N)C(=O)N1CC(C(=O)O)c2ccccc21. The van der Waals surface area contributed by atoms with Crippen LogP contribution in [0.5, 0.6) is 0 Å². The van der Waals surface area contributed by atoms with E-state index < -0.39 is 11.9 Å². The topological polar surface area (TPSA) is 84.6 Å². The van der Waals surface area contributed by atoms with Gasteiger partial charge in [0.1, 0.15) is 5.92 Å². The Morgan fingerprint density at radius 3 is 2.81 bits per heavy atom. The van der Waals surface area contributed by atoms with E-state index in [9.17, 15) is 14.7 Å². The molecule has 1 aromatic rings. The van der Waals surface area contributed by atoms with Crippen molar-refractivity contribution < 1.29 is 14.7 Å². The van der Waals surface area contributed by atoms with Crippen LogP contribution < -0.4 is 4.90 Å². The van der Waals surface area contributed by atoms with Crippen LogP contribution in [0.1, 0.15) is 24.8 Å². The van der Waals surface area contributed by atoms with Crippen molar-refractivity contribution in [1.29, 1.82) is 5.26 Å². The number of para-hydroxylation sites is 1.